The zero-order valence-corrected chi connectivity index (χ0v) is 10.9. The molecular formula is C14H12F2N4O. The molecule has 0 spiro atoms. The topological polar surface area (TPSA) is 66.9 Å². The van der Waals surface area contributed by atoms with Gasteiger partial charge in [-0.25, -0.2) is 13.8 Å². The first kappa shape index (κ1) is 13.4. The van der Waals surface area contributed by atoms with Gasteiger partial charge in [-0.1, -0.05) is 6.07 Å². The SMILES string of the molecule is O=C(NNc1cnccn1)[C@H]1C[C@H]1c1c(F)cccc1F. The number of anilines is 1. The molecule has 2 atom stereocenters. The van der Waals surface area contributed by atoms with Gasteiger partial charge in [-0.3, -0.25) is 20.6 Å². The highest BCUT2D eigenvalue weighted by atomic mass is 19.1. The minimum Gasteiger partial charge on any atom is -0.281 e. The Morgan fingerprint density at radius 3 is 2.67 bits per heavy atom. The van der Waals surface area contributed by atoms with Crippen LogP contribution in [0, 0.1) is 17.6 Å². The quantitative estimate of drug-likeness (QED) is 0.845. The maximum absolute atomic E-state index is 13.6. The molecule has 1 aliphatic carbocycles. The van der Waals surface area contributed by atoms with Crippen LogP contribution in [0.1, 0.15) is 17.9 Å². The molecule has 108 valence electrons. The van der Waals surface area contributed by atoms with Crippen LogP contribution in [0.25, 0.3) is 0 Å². The highest BCUT2D eigenvalue weighted by Crippen LogP contribution is 2.49. The fraction of sp³-hybridized carbons (Fsp3) is 0.214. The number of hydrazine groups is 1. The van der Waals surface area contributed by atoms with Crippen LogP contribution in [0.5, 0.6) is 0 Å². The van der Waals surface area contributed by atoms with Crippen molar-refractivity contribution in [1.82, 2.24) is 15.4 Å². The number of nitrogens with zero attached hydrogens (tertiary/aromatic N) is 2. The van der Waals surface area contributed by atoms with Gasteiger partial charge >= 0.3 is 0 Å². The van der Waals surface area contributed by atoms with E-state index in [4.69, 9.17) is 0 Å². The van der Waals surface area contributed by atoms with Crippen LogP contribution >= 0.6 is 0 Å². The van der Waals surface area contributed by atoms with Crippen molar-refractivity contribution in [2.24, 2.45) is 5.92 Å². The van der Waals surface area contributed by atoms with E-state index >= 15 is 0 Å². The van der Waals surface area contributed by atoms with Gasteiger partial charge in [0.1, 0.15) is 11.6 Å². The summed E-state index contributed by atoms with van der Waals surface area (Å²) < 4.78 is 27.2. The summed E-state index contributed by atoms with van der Waals surface area (Å²) in [5.41, 5.74) is 5.05. The Kier molecular flexibility index (Phi) is 3.47. The average Bonchev–Trinajstić information content (AvgIpc) is 3.26. The van der Waals surface area contributed by atoms with E-state index in [1.807, 2.05) is 0 Å². The van der Waals surface area contributed by atoms with Crippen molar-refractivity contribution in [3.63, 3.8) is 0 Å². The second-order valence-corrected chi connectivity index (χ2v) is 4.79. The number of aromatic nitrogens is 2. The molecule has 1 fully saturated rings. The molecule has 1 heterocycles. The first-order chi connectivity index (χ1) is 10.2. The lowest BCUT2D eigenvalue weighted by molar-refractivity contribution is -0.121. The predicted octanol–water partition coefficient (Wildman–Crippen LogP) is 2.00. The second-order valence-electron chi connectivity index (χ2n) is 4.79. The summed E-state index contributed by atoms with van der Waals surface area (Å²) in [7, 11) is 0. The molecule has 1 aromatic heterocycles. The molecule has 21 heavy (non-hydrogen) atoms. The van der Waals surface area contributed by atoms with Crippen molar-refractivity contribution < 1.29 is 13.6 Å². The maximum Gasteiger partial charge on any atom is 0.242 e. The molecule has 0 saturated heterocycles. The third kappa shape index (κ3) is 2.81. The summed E-state index contributed by atoms with van der Waals surface area (Å²) in [6.07, 6.45) is 4.85. The van der Waals surface area contributed by atoms with Gasteiger partial charge < -0.3 is 0 Å². The van der Waals surface area contributed by atoms with Crippen molar-refractivity contribution in [3.8, 4) is 0 Å². The average molecular weight is 290 g/mol. The predicted molar refractivity (Wildman–Crippen MR) is 71.0 cm³/mol. The molecule has 0 unspecified atom stereocenters. The van der Waals surface area contributed by atoms with Gasteiger partial charge in [0.25, 0.3) is 0 Å². The van der Waals surface area contributed by atoms with Crippen molar-refractivity contribution in [3.05, 3.63) is 54.0 Å². The number of hydrogen-bond acceptors (Lipinski definition) is 4. The molecule has 0 aliphatic heterocycles. The van der Waals surface area contributed by atoms with Crippen LogP contribution < -0.4 is 10.9 Å². The molecule has 2 N–H and O–H groups in total. The molecule has 0 radical (unpaired) electrons. The number of rotatable bonds is 4. The lowest BCUT2D eigenvalue weighted by atomic mass is 10.1. The summed E-state index contributed by atoms with van der Waals surface area (Å²) in [6, 6.07) is 3.70. The second kappa shape index (κ2) is 5.43. The van der Waals surface area contributed by atoms with Gasteiger partial charge in [0, 0.05) is 29.8 Å². The Hall–Kier alpha value is -2.57. The van der Waals surface area contributed by atoms with E-state index in [0.29, 0.717) is 12.2 Å². The number of amides is 1. The largest absolute Gasteiger partial charge is 0.281 e. The van der Waals surface area contributed by atoms with E-state index in [1.54, 1.807) is 0 Å². The molecule has 0 bridgehead atoms. The van der Waals surface area contributed by atoms with Crippen LogP contribution in [0.3, 0.4) is 0 Å². The van der Waals surface area contributed by atoms with Crippen LogP contribution in [0.2, 0.25) is 0 Å². The van der Waals surface area contributed by atoms with Gasteiger partial charge in [0.05, 0.1) is 6.20 Å². The summed E-state index contributed by atoms with van der Waals surface area (Å²) >= 11 is 0. The normalized spacial score (nSPS) is 19.9. The van der Waals surface area contributed by atoms with E-state index in [-0.39, 0.29) is 11.5 Å². The minimum absolute atomic E-state index is 0.0165. The summed E-state index contributed by atoms with van der Waals surface area (Å²) in [5, 5.41) is 0. The highest BCUT2D eigenvalue weighted by molar-refractivity contribution is 5.83. The number of hydrogen-bond donors (Lipinski definition) is 2. The molecule has 1 amide bonds. The third-order valence-corrected chi connectivity index (χ3v) is 3.37. The third-order valence-electron chi connectivity index (χ3n) is 3.37. The van der Waals surface area contributed by atoms with Gasteiger partial charge in [-0.2, -0.15) is 0 Å². The fourth-order valence-corrected chi connectivity index (χ4v) is 2.25. The van der Waals surface area contributed by atoms with E-state index in [9.17, 15) is 13.6 Å². The fourth-order valence-electron chi connectivity index (χ4n) is 2.25. The van der Waals surface area contributed by atoms with Gasteiger partial charge in [0.15, 0.2) is 5.82 Å². The molecule has 1 saturated carbocycles. The monoisotopic (exact) mass is 290 g/mol. The Balaban J connectivity index is 1.61. The zero-order valence-electron chi connectivity index (χ0n) is 10.9. The van der Waals surface area contributed by atoms with E-state index < -0.39 is 23.5 Å². The molecule has 2 aromatic rings. The number of nitrogens with one attached hydrogen (secondary N) is 2. The maximum atomic E-state index is 13.6. The smallest absolute Gasteiger partial charge is 0.242 e. The molecule has 7 heteroatoms. The van der Waals surface area contributed by atoms with E-state index in [1.165, 1.54) is 36.8 Å². The van der Waals surface area contributed by atoms with Crippen molar-refractivity contribution >= 4 is 11.7 Å². The molecule has 1 aliphatic rings. The number of carbonyl (C=O) groups excluding carboxylic acids is 1. The van der Waals surface area contributed by atoms with Gasteiger partial charge in [-0.05, 0) is 18.6 Å². The van der Waals surface area contributed by atoms with E-state index in [0.717, 1.165) is 0 Å². The molecule has 3 rings (SSSR count). The van der Waals surface area contributed by atoms with Crippen molar-refractivity contribution in [1.29, 1.82) is 0 Å². The van der Waals surface area contributed by atoms with Gasteiger partial charge in [0.2, 0.25) is 5.91 Å². The van der Waals surface area contributed by atoms with E-state index in [2.05, 4.69) is 20.8 Å². The Morgan fingerprint density at radius 1 is 1.24 bits per heavy atom. The first-order valence-electron chi connectivity index (χ1n) is 6.42. The summed E-state index contributed by atoms with van der Waals surface area (Å²) in [4.78, 5) is 19.7. The van der Waals surface area contributed by atoms with Crippen molar-refractivity contribution in [2.45, 2.75) is 12.3 Å². The van der Waals surface area contributed by atoms with Crippen LogP contribution in [-0.4, -0.2) is 15.9 Å². The molecule has 1 aromatic carbocycles. The Bertz CT molecular complexity index is 645. The lowest BCUT2D eigenvalue weighted by Gasteiger charge is -2.07. The number of halogens is 2. The zero-order chi connectivity index (χ0) is 14.8. The molecular weight excluding hydrogens is 278 g/mol. The first-order valence-corrected chi connectivity index (χ1v) is 6.42. The standard InChI is InChI=1S/C14H12F2N4O/c15-10-2-1-3-11(16)13(10)8-6-9(8)14(21)20-19-12-7-17-4-5-18-12/h1-5,7-9H,6H2,(H,18,19)(H,20,21)/t8-,9+/m1/s1. The van der Waals surface area contributed by atoms with Crippen LogP contribution in [0.15, 0.2) is 36.8 Å². The Labute approximate surface area is 119 Å². The summed E-state index contributed by atoms with van der Waals surface area (Å²) in [6.45, 7) is 0. The Morgan fingerprint density at radius 2 is 2.00 bits per heavy atom. The number of carbonyl (C=O) groups is 1. The van der Waals surface area contributed by atoms with Crippen molar-refractivity contribution in [2.75, 3.05) is 5.43 Å². The minimum atomic E-state index is -0.614. The summed E-state index contributed by atoms with van der Waals surface area (Å²) in [5.74, 6) is -2.03. The van der Waals surface area contributed by atoms with Gasteiger partial charge in [-0.15, -0.1) is 0 Å². The number of benzene rings is 1. The lowest BCUT2D eigenvalue weighted by Crippen LogP contribution is -2.31. The molecule has 5 nitrogen and oxygen atoms in total. The highest BCUT2D eigenvalue weighted by Gasteiger charge is 2.46. The van der Waals surface area contributed by atoms with Crippen LogP contribution in [0.4, 0.5) is 14.6 Å². The van der Waals surface area contributed by atoms with Crippen LogP contribution in [-0.2, 0) is 4.79 Å².